The summed E-state index contributed by atoms with van der Waals surface area (Å²) in [6.45, 7) is 6.23. The molecule has 0 unspecified atom stereocenters. The highest BCUT2D eigenvalue weighted by Crippen LogP contribution is 2.27. The monoisotopic (exact) mass is 301 g/mol. The number of hydrogen-bond donors (Lipinski definition) is 2. The van der Waals surface area contributed by atoms with E-state index in [2.05, 4.69) is 13.0 Å². The molecule has 2 aromatic rings. The zero-order valence-electron chi connectivity index (χ0n) is 12.9. The molecule has 0 saturated carbocycles. The molecular weight excluding hydrogens is 279 g/mol. The van der Waals surface area contributed by atoms with E-state index in [1.807, 2.05) is 37.4 Å². The second-order valence-corrected chi connectivity index (χ2v) is 7.51. The Morgan fingerprint density at radius 1 is 1.19 bits per heavy atom. The van der Waals surface area contributed by atoms with Crippen molar-refractivity contribution in [2.45, 2.75) is 39.3 Å². The van der Waals surface area contributed by atoms with Gasteiger partial charge in [0.25, 0.3) is 9.04 Å². The number of unbranched alkanes of at least 4 members (excludes halogenated alkanes) is 1. The van der Waals surface area contributed by atoms with Crippen LogP contribution in [0.5, 0.6) is 5.75 Å². The summed E-state index contributed by atoms with van der Waals surface area (Å²) >= 11 is 0. The van der Waals surface area contributed by atoms with Crippen LogP contribution in [0.1, 0.15) is 25.3 Å². The van der Waals surface area contributed by atoms with Crippen molar-refractivity contribution >= 4 is 32.4 Å². The van der Waals surface area contributed by atoms with Gasteiger partial charge in [-0.25, -0.2) is 0 Å². The minimum atomic E-state index is -1.50. The van der Waals surface area contributed by atoms with Crippen LogP contribution in [-0.2, 0) is 6.42 Å². The quantitative estimate of drug-likeness (QED) is 0.806. The molecule has 111 valence electrons. The van der Waals surface area contributed by atoms with Gasteiger partial charge in [-0.3, -0.25) is 0 Å². The van der Waals surface area contributed by atoms with Crippen molar-refractivity contribution in [3.8, 4) is 5.75 Å². The Morgan fingerprint density at radius 3 is 2.52 bits per heavy atom. The highest BCUT2D eigenvalue weighted by molar-refractivity contribution is 6.61. The maximum absolute atomic E-state index is 9.84. The first-order chi connectivity index (χ1) is 10.0. The molecule has 0 aliphatic rings. The highest BCUT2D eigenvalue weighted by Gasteiger charge is 2.24. The predicted molar refractivity (Wildman–Crippen MR) is 90.5 cm³/mol. The van der Waals surface area contributed by atoms with Crippen molar-refractivity contribution in [1.29, 1.82) is 0 Å². The van der Waals surface area contributed by atoms with Gasteiger partial charge in [-0.05, 0) is 36.9 Å². The van der Waals surface area contributed by atoms with E-state index in [1.54, 1.807) is 0 Å². The largest absolute Gasteiger partial charge is 0.542 e. The van der Waals surface area contributed by atoms with Crippen LogP contribution in [0.15, 0.2) is 30.3 Å². The van der Waals surface area contributed by atoms with E-state index in [0.29, 0.717) is 11.2 Å². The van der Waals surface area contributed by atoms with Gasteiger partial charge in [-0.2, -0.15) is 0 Å². The summed E-state index contributed by atoms with van der Waals surface area (Å²) in [4.78, 5) is 0. The minimum absolute atomic E-state index is 0.536. The van der Waals surface area contributed by atoms with E-state index >= 15 is 0 Å². The van der Waals surface area contributed by atoms with Gasteiger partial charge in [0, 0.05) is 10.8 Å². The molecule has 0 aliphatic carbocycles. The fraction of sp³-hybridized carbons (Fsp3) is 0.375. The molecular formula is C16H22BO3Si. The van der Waals surface area contributed by atoms with Gasteiger partial charge in [-0.15, -0.1) is 0 Å². The summed E-state index contributed by atoms with van der Waals surface area (Å²) in [5.41, 5.74) is 1.51. The average molecular weight is 301 g/mol. The van der Waals surface area contributed by atoms with E-state index in [-0.39, 0.29) is 0 Å². The summed E-state index contributed by atoms with van der Waals surface area (Å²) in [5.74, 6) is 0.646. The Bertz CT molecular complexity index is 614. The van der Waals surface area contributed by atoms with Gasteiger partial charge in [0.2, 0.25) is 0 Å². The first-order valence-corrected chi connectivity index (χ1v) is 9.84. The highest BCUT2D eigenvalue weighted by atomic mass is 28.3. The van der Waals surface area contributed by atoms with Crippen molar-refractivity contribution in [3.05, 3.63) is 35.9 Å². The summed E-state index contributed by atoms with van der Waals surface area (Å²) in [7, 11) is -2.49. The molecule has 0 amide bonds. The average Bonchev–Trinajstić information content (AvgIpc) is 2.44. The maximum atomic E-state index is 9.84. The maximum Gasteiger partial charge on any atom is 0.492 e. The summed E-state index contributed by atoms with van der Waals surface area (Å²) < 4.78 is 6.02. The summed E-state index contributed by atoms with van der Waals surface area (Å²) in [6, 6.07) is 10.0. The van der Waals surface area contributed by atoms with Crippen LogP contribution in [0.2, 0.25) is 13.1 Å². The van der Waals surface area contributed by atoms with Gasteiger partial charge in [0.15, 0.2) is 0 Å². The second-order valence-electron chi connectivity index (χ2n) is 5.49. The van der Waals surface area contributed by atoms with Crippen molar-refractivity contribution in [2.24, 2.45) is 0 Å². The fourth-order valence-corrected chi connectivity index (χ4v) is 3.19. The van der Waals surface area contributed by atoms with E-state index in [1.165, 1.54) is 0 Å². The normalized spacial score (nSPS) is 11.1. The molecule has 0 aromatic heterocycles. The number of rotatable bonds is 6. The van der Waals surface area contributed by atoms with Gasteiger partial charge in [-0.1, -0.05) is 43.7 Å². The Labute approximate surface area is 128 Å². The van der Waals surface area contributed by atoms with Crippen LogP contribution in [0.3, 0.4) is 0 Å². The van der Waals surface area contributed by atoms with E-state index in [0.717, 1.165) is 35.6 Å². The van der Waals surface area contributed by atoms with Crippen LogP contribution in [0, 0.1) is 0 Å². The zero-order chi connectivity index (χ0) is 15.4. The lowest BCUT2D eigenvalue weighted by Crippen LogP contribution is -2.36. The standard InChI is InChI=1S/C16H22BO3Si/c1-4-5-8-13-11-12-9-6-7-10-14(12)16(20-21(2)3)15(13)17(18)19/h6-7,9-11,18-19H,4-5,8H2,1-3H3. The smallest absolute Gasteiger partial charge is 0.492 e. The SMILES string of the molecule is CCCCc1cc2ccccc2c(O[Si](C)C)c1B(O)O. The van der Waals surface area contributed by atoms with Crippen LogP contribution >= 0.6 is 0 Å². The molecule has 0 heterocycles. The first kappa shape index (κ1) is 16.1. The molecule has 1 radical (unpaired) electrons. The van der Waals surface area contributed by atoms with Crippen LogP contribution < -0.4 is 9.89 Å². The topological polar surface area (TPSA) is 49.7 Å². The molecule has 0 fully saturated rings. The number of hydrogen-bond acceptors (Lipinski definition) is 3. The molecule has 0 bridgehead atoms. The van der Waals surface area contributed by atoms with Crippen molar-refractivity contribution in [1.82, 2.24) is 0 Å². The zero-order valence-corrected chi connectivity index (χ0v) is 13.9. The number of fused-ring (bicyclic) bond motifs is 1. The molecule has 0 saturated heterocycles. The van der Waals surface area contributed by atoms with Gasteiger partial charge >= 0.3 is 7.12 Å². The summed E-state index contributed by atoms with van der Waals surface area (Å²) in [5, 5.41) is 21.7. The predicted octanol–water partition coefficient (Wildman–Crippen LogP) is 2.49. The van der Waals surface area contributed by atoms with Crippen molar-refractivity contribution in [3.63, 3.8) is 0 Å². The van der Waals surface area contributed by atoms with Crippen LogP contribution in [0.4, 0.5) is 0 Å². The molecule has 0 spiro atoms. The van der Waals surface area contributed by atoms with Crippen LogP contribution in [-0.4, -0.2) is 26.2 Å². The lowest BCUT2D eigenvalue weighted by atomic mass is 9.74. The Morgan fingerprint density at radius 2 is 1.90 bits per heavy atom. The third-order valence-corrected chi connectivity index (χ3v) is 4.10. The Balaban J connectivity index is 2.67. The molecule has 0 aliphatic heterocycles. The molecule has 5 heteroatoms. The fourth-order valence-electron chi connectivity index (χ4n) is 2.56. The lowest BCUT2D eigenvalue weighted by molar-refractivity contribution is 0.423. The first-order valence-electron chi connectivity index (χ1n) is 7.43. The van der Waals surface area contributed by atoms with E-state index in [9.17, 15) is 10.0 Å². The molecule has 2 N–H and O–H groups in total. The number of aryl methyl sites for hydroxylation is 1. The van der Waals surface area contributed by atoms with Crippen LogP contribution in [0.25, 0.3) is 10.8 Å². The van der Waals surface area contributed by atoms with E-state index < -0.39 is 16.2 Å². The molecule has 21 heavy (non-hydrogen) atoms. The minimum Gasteiger partial charge on any atom is -0.542 e. The van der Waals surface area contributed by atoms with Gasteiger partial charge in [0.05, 0.1) is 0 Å². The van der Waals surface area contributed by atoms with E-state index in [4.69, 9.17) is 4.43 Å². The Hall–Kier alpha value is -1.30. The van der Waals surface area contributed by atoms with Gasteiger partial charge in [0.1, 0.15) is 5.75 Å². The molecule has 3 nitrogen and oxygen atoms in total. The third-order valence-electron chi connectivity index (χ3n) is 3.49. The second kappa shape index (κ2) is 7.11. The van der Waals surface area contributed by atoms with Crippen molar-refractivity contribution in [2.75, 3.05) is 0 Å². The number of benzene rings is 2. The molecule has 2 aromatic carbocycles. The molecule has 2 rings (SSSR count). The Kier molecular flexibility index (Phi) is 5.45. The third kappa shape index (κ3) is 3.67. The lowest BCUT2D eigenvalue weighted by Gasteiger charge is -2.20. The molecule has 0 atom stereocenters. The van der Waals surface area contributed by atoms with Gasteiger partial charge < -0.3 is 14.5 Å². The summed E-state index contributed by atoms with van der Waals surface area (Å²) in [6.07, 6.45) is 2.92. The van der Waals surface area contributed by atoms with Crippen molar-refractivity contribution < 1.29 is 14.5 Å².